The number of morpholine rings is 1. The first-order chi connectivity index (χ1) is 14.0. The summed E-state index contributed by atoms with van der Waals surface area (Å²) in [4.78, 5) is 16.4. The number of hydrogen-bond donors (Lipinski definition) is 1. The number of rotatable bonds is 3. The predicted molar refractivity (Wildman–Crippen MR) is 110 cm³/mol. The van der Waals surface area contributed by atoms with Gasteiger partial charge < -0.3 is 25.0 Å². The van der Waals surface area contributed by atoms with Crippen LogP contribution in [0.25, 0.3) is 0 Å². The molecule has 0 aliphatic carbocycles. The van der Waals surface area contributed by atoms with Crippen LogP contribution in [0.2, 0.25) is 5.15 Å². The number of benzene rings is 1. The summed E-state index contributed by atoms with van der Waals surface area (Å²) in [6, 6.07) is 11.4. The highest BCUT2D eigenvalue weighted by Crippen LogP contribution is 2.34. The quantitative estimate of drug-likeness (QED) is 0.820. The molecule has 154 valence electrons. The molecular formula is C20H24ClN5O3. The van der Waals surface area contributed by atoms with E-state index in [1.165, 1.54) is 0 Å². The highest BCUT2D eigenvalue weighted by Gasteiger charge is 2.41. The Kier molecular flexibility index (Phi) is 5.73. The van der Waals surface area contributed by atoms with Gasteiger partial charge in [-0.25, -0.2) is 4.79 Å². The maximum Gasteiger partial charge on any atom is 0.410 e. The maximum absolute atomic E-state index is 12.6. The van der Waals surface area contributed by atoms with E-state index in [1.54, 1.807) is 11.0 Å². The highest BCUT2D eigenvalue weighted by atomic mass is 35.5. The summed E-state index contributed by atoms with van der Waals surface area (Å²) >= 11 is 5.97. The molecule has 2 aliphatic rings. The first-order valence-corrected chi connectivity index (χ1v) is 10.1. The van der Waals surface area contributed by atoms with Crippen molar-refractivity contribution in [1.29, 1.82) is 0 Å². The predicted octanol–water partition coefficient (Wildman–Crippen LogP) is 2.72. The second-order valence-corrected chi connectivity index (χ2v) is 7.81. The van der Waals surface area contributed by atoms with Crippen LogP contribution in [0, 0.1) is 0 Å². The molecule has 3 heterocycles. The fourth-order valence-corrected chi connectivity index (χ4v) is 4.03. The molecule has 2 aliphatic heterocycles. The molecule has 1 spiro atoms. The summed E-state index contributed by atoms with van der Waals surface area (Å²) in [6.45, 7) is 3.31. The molecule has 9 heteroatoms. The Bertz CT molecular complexity index is 858. The van der Waals surface area contributed by atoms with Gasteiger partial charge in [0, 0.05) is 25.7 Å². The average Bonchev–Trinajstić information content (AvgIpc) is 2.75. The molecule has 0 unspecified atom stereocenters. The van der Waals surface area contributed by atoms with E-state index in [9.17, 15) is 4.79 Å². The third-order valence-electron chi connectivity index (χ3n) is 5.50. The van der Waals surface area contributed by atoms with Crippen LogP contribution < -0.4 is 10.6 Å². The van der Waals surface area contributed by atoms with Crippen LogP contribution in [0.3, 0.4) is 0 Å². The summed E-state index contributed by atoms with van der Waals surface area (Å²) in [5.74, 6) is 0.362. The molecule has 2 fully saturated rings. The number of amides is 1. The lowest BCUT2D eigenvalue weighted by atomic mass is 9.89. The number of nitrogen functional groups attached to an aromatic ring is 1. The van der Waals surface area contributed by atoms with Crippen molar-refractivity contribution in [3.05, 3.63) is 47.1 Å². The van der Waals surface area contributed by atoms with Crippen LogP contribution in [0.5, 0.6) is 0 Å². The van der Waals surface area contributed by atoms with Crippen molar-refractivity contribution in [3.63, 3.8) is 0 Å². The summed E-state index contributed by atoms with van der Waals surface area (Å²) in [5.41, 5.74) is 7.36. The van der Waals surface area contributed by atoms with Gasteiger partial charge in [0.1, 0.15) is 6.61 Å². The molecule has 29 heavy (non-hydrogen) atoms. The van der Waals surface area contributed by atoms with Crippen LogP contribution >= 0.6 is 11.6 Å². The van der Waals surface area contributed by atoms with Crippen LogP contribution in [-0.2, 0) is 16.1 Å². The van der Waals surface area contributed by atoms with Gasteiger partial charge in [-0.15, -0.1) is 10.2 Å². The van der Waals surface area contributed by atoms with Crippen molar-refractivity contribution in [2.24, 2.45) is 0 Å². The zero-order chi connectivity index (χ0) is 20.3. The van der Waals surface area contributed by atoms with Crippen molar-refractivity contribution in [3.8, 4) is 0 Å². The van der Waals surface area contributed by atoms with Crippen LogP contribution in [0.1, 0.15) is 18.4 Å². The minimum absolute atomic E-state index is 0.271. The molecule has 2 aromatic rings. The molecule has 2 N–H and O–H groups in total. The highest BCUT2D eigenvalue weighted by molar-refractivity contribution is 6.29. The van der Waals surface area contributed by atoms with Gasteiger partial charge in [0.15, 0.2) is 11.0 Å². The standard InChI is InChI=1S/C20H24ClN5O3/c21-17-12-16(18(22)24-23-17)25-8-6-20(7-9-25)14-26(10-11-29-20)19(27)28-13-15-4-2-1-3-5-15/h1-5,12H,6-11,13-14H2,(H2,22,24). The van der Waals surface area contributed by atoms with Gasteiger partial charge in [-0.2, -0.15) is 0 Å². The fourth-order valence-electron chi connectivity index (χ4n) is 3.89. The lowest BCUT2D eigenvalue weighted by Gasteiger charge is -2.47. The van der Waals surface area contributed by atoms with Gasteiger partial charge in [-0.1, -0.05) is 41.9 Å². The molecule has 1 aromatic heterocycles. The normalized spacial score (nSPS) is 18.7. The van der Waals surface area contributed by atoms with Crippen molar-refractivity contribution < 1.29 is 14.3 Å². The number of ether oxygens (including phenoxy) is 2. The Labute approximate surface area is 174 Å². The number of aromatic nitrogens is 2. The van der Waals surface area contributed by atoms with Crippen LogP contribution in [-0.4, -0.2) is 59.6 Å². The maximum atomic E-state index is 12.6. The van der Waals surface area contributed by atoms with E-state index in [1.807, 2.05) is 30.3 Å². The van der Waals surface area contributed by atoms with E-state index >= 15 is 0 Å². The molecule has 0 saturated carbocycles. The van der Waals surface area contributed by atoms with E-state index < -0.39 is 0 Å². The fraction of sp³-hybridized carbons (Fsp3) is 0.450. The number of nitrogens with two attached hydrogens (primary N) is 1. The molecule has 0 atom stereocenters. The van der Waals surface area contributed by atoms with Gasteiger partial charge in [-0.3, -0.25) is 0 Å². The molecule has 1 aromatic carbocycles. The number of nitrogens with zero attached hydrogens (tertiary/aromatic N) is 4. The largest absolute Gasteiger partial charge is 0.445 e. The summed E-state index contributed by atoms with van der Waals surface area (Å²) in [6.07, 6.45) is 1.25. The molecule has 4 rings (SSSR count). The van der Waals surface area contributed by atoms with E-state index in [2.05, 4.69) is 15.1 Å². The number of carbonyl (C=O) groups is 1. The molecule has 8 nitrogen and oxygen atoms in total. The Morgan fingerprint density at radius 2 is 1.97 bits per heavy atom. The number of anilines is 2. The van der Waals surface area contributed by atoms with Gasteiger partial charge in [0.25, 0.3) is 0 Å². The smallest absolute Gasteiger partial charge is 0.410 e. The topological polar surface area (TPSA) is 93.8 Å². The number of halogens is 1. The number of piperidine rings is 1. The van der Waals surface area contributed by atoms with Gasteiger partial charge in [0.05, 0.1) is 24.4 Å². The third kappa shape index (κ3) is 4.54. The molecule has 2 saturated heterocycles. The minimum atomic E-state index is -0.362. The average molecular weight is 418 g/mol. The van der Waals surface area contributed by atoms with Crippen molar-refractivity contribution in [2.75, 3.05) is 43.4 Å². The molecule has 0 radical (unpaired) electrons. The Hall–Kier alpha value is -2.58. The van der Waals surface area contributed by atoms with Gasteiger partial charge in [-0.05, 0) is 18.4 Å². The molecule has 1 amide bonds. The minimum Gasteiger partial charge on any atom is -0.445 e. The van der Waals surface area contributed by atoms with E-state index in [0.29, 0.717) is 30.7 Å². The van der Waals surface area contributed by atoms with E-state index in [0.717, 1.165) is 37.2 Å². The second-order valence-electron chi connectivity index (χ2n) is 7.42. The van der Waals surface area contributed by atoms with Crippen LogP contribution in [0.15, 0.2) is 36.4 Å². The zero-order valence-corrected chi connectivity index (χ0v) is 16.8. The Morgan fingerprint density at radius 3 is 2.72 bits per heavy atom. The monoisotopic (exact) mass is 417 g/mol. The molecular weight excluding hydrogens is 394 g/mol. The molecule has 0 bridgehead atoms. The SMILES string of the molecule is Nc1nnc(Cl)cc1N1CCC2(CC1)CN(C(=O)OCc1ccccc1)CCO2. The second kappa shape index (κ2) is 8.42. The van der Waals surface area contributed by atoms with Crippen LogP contribution in [0.4, 0.5) is 16.3 Å². The van der Waals surface area contributed by atoms with Crippen molar-refractivity contribution in [2.45, 2.75) is 25.0 Å². The zero-order valence-electron chi connectivity index (χ0n) is 16.1. The van der Waals surface area contributed by atoms with Crippen molar-refractivity contribution in [1.82, 2.24) is 15.1 Å². The van der Waals surface area contributed by atoms with Gasteiger partial charge >= 0.3 is 6.09 Å². The lowest BCUT2D eigenvalue weighted by molar-refractivity contribution is -0.115. The lowest BCUT2D eigenvalue weighted by Crippen LogP contribution is -2.58. The first-order valence-electron chi connectivity index (χ1n) is 9.68. The number of carbonyl (C=O) groups excluding carboxylic acids is 1. The van der Waals surface area contributed by atoms with Gasteiger partial charge in [0.2, 0.25) is 0 Å². The van der Waals surface area contributed by atoms with E-state index in [4.69, 9.17) is 26.8 Å². The summed E-state index contributed by atoms with van der Waals surface area (Å²) in [7, 11) is 0. The Morgan fingerprint density at radius 1 is 1.21 bits per heavy atom. The summed E-state index contributed by atoms with van der Waals surface area (Å²) < 4.78 is 11.6. The number of hydrogen-bond acceptors (Lipinski definition) is 7. The summed E-state index contributed by atoms with van der Waals surface area (Å²) in [5, 5.41) is 7.97. The Balaban J connectivity index is 1.34. The van der Waals surface area contributed by atoms with Crippen molar-refractivity contribution >= 4 is 29.2 Å². The first kappa shape index (κ1) is 19.7. The van der Waals surface area contributed by atoms with E-state index in [-0.39, 0.29) is 18.3 Å². The third-order valence-corrected chi connectivity index (χ3v) is 5.68.